The molecule has 0 saturated carbocycles. The van der Waals surface area contributed by atoms with Gasteiger partial charge < -0.3 is 9.47 Å². The van der Waals surface area contributed by atoms with E-state index in [2.05, 4.69) is 17.5 Å². The molecule has 1 N–H and O–H groups in total. The van der Waals surface area contributed by atoms with Gasteiger partial charge in [-0.05, 0) is 37.1 Å². The van der Waals surface area contributed by atoms with Crippen LogP contribution in [0.1, 0.15) is 32.3 Å². The molecule has 7 heteroatoms. The molecule has 0 unspecified atom stereocenters. The van der Waals surface area contributed by atoms with Gasteiger partial charge in [-0.25, -0.2) is 0 Å². The molecule has 0 saturated heterocycles. The van der Waals surface area contributed by atoms with Crippen LogP contribution in [0.2, 0.25) is 0 Å². The number of nitrogens with zero attached hydrogens (tertiary/aromatic N) is 2. The number of hydrogen-bond acceptors (Lipinski definition) is 6. The lowest BCUT2D eigenvalue weighted by Gasteiger charge is -2.11. The Kier molecular flexibility index (Phi) is 7.42. The van der Waals surface area contributed by atoms with E-state index < -0.39 is 4.92 Å². The Bertz CT molecular complexity index is 745. The minimum absolute atomic E-state index is 0.0393. The van der Waals surface area contributed by atoms with E-state index in [1.54, 1.807) is 18.3 Å². The Morgan fingerprint density at radius 1 is 1.08 bits per heavy atom. The van der Waals surface area contributed by atoms with Gasteiger partial charge in [-0.1, -0.05) is 13.8 Å². The van der Waals surface area contributed by atoms with Crippen molar-refractivity contribution in [2.75, 3.05) is 18.6 Å². The van der Waals surface area contributed by atoms with Gasteiger partial charge in [0.15, 0.2) is 0 Å². The van der Waals surface area contributed by atoms with Crippen LogP contribution < -0.4 is 14.9 Å². The Balaban J connectivity index is 2.07. The fourth-order valence-corrected chi connectivity index (χ4v) is 2.10. The van der Waals surface area contributed by atoms with Crippen molar-refractivity contribution in [3.8, 4) is 11.5 Å². The molecule has 0 atom stereocenters. The van der Waals surface area contributed by atoms with E-state index in [1.807, 2.05) is 25.1 Å². The fraction of sp³-hybridized carbons (Fsp3) is 0.316. The number of non-ortho nitro benzene ring substituents is 1. The number of anilines is 1. The monoisotopic (exact) mass is 357 g/mol. The van der Waals surface area contributed by atoms with E-state index in [4.69, 9.17) is 9.47 Å². The van der Waals surface area contributed by atoms with Crippen molar-refractivity contribution in [3.05, 3.63) is 58.1 Å². The number of ether oxygens (including phenoxy) is 2. The molecule has 0 fully saturated rings. The summed E-state index contributed by atoms with van der Waals surface area (Å²) in [6.07, 6.45) is 3.49. The van der Waals surface area contributed by atoms with E-state index in [0.717, 1.165) is 24.2 Å². The molecule has 26 heavy (non-hydrogen) atoms. The third-order valence-electron chi connectivity index (χ3n) is 3.39. The SMILES string of the molecule is CCCOc1ccc(/C=N/Nc2ccc([N+](=O)[O-])cc2)c(OCCC)c1. The summed E-state index contributed by atoms with van der Waals surface area (Å²) in [6, 6.07) is 11.7. The van der Waals surface area contributed by atoms with Gasteiger partial charge in [0.25, 0.3) is 5.69 Å². The molecule has 0 aliphatic carbocycles. The van der Waals surface area contributed by atoms with Crippen molar-refractivity contribution in [1.29, 1.82) is 0 Å². The van der Waals surface area contributed by atoms with Crippen LogP contribution in [0.25, 0.3) is 0 Å². The number of nitro benzene ring substituents is 1. The smallest absolute Gasteiger partial charge is 0.269 e. The minimum Gasteiger partial charge on any atom is -0.493 e. The highest BCUT2D eigenvalue weighted by atomic mass is 16.6. The number of benzene rings is 2. The molecule has 2 rings (SSSR count). The van der Waals surface area contributed by atoms with Gasteiger partial charge in [-0.2, -0.15) is 5.10 Å². The van der Waals surface area contributed by atoms with Gasteiger partial charge in [-0.3, -0.25) is 15.5 Å². The molecule has 0 bridgehead atoms. The zero-order valence-corrected chi connectivity index (χ0v) is 15.0. The van der Waals surface area contributed by atoms with Crippen molar-refractivity contribution < 1.29 is 14.4 Å². The van der Waals surface area contributed by atoms with Gasteiger partial charge in [-0.15, -0.1) is 0 Å². The number of rotatable bonds is 10. The lowest BCUT2D eigenvalue weighted by molar-refractivity contribution is -0.384. The quantitative estimate of drug-likeness (QED) is 0.381. The maximum atomic E-state index is 10.7. The number of nitro groups is 1. The van der Waals surface area contributed by atoms with Crippen molar-refractivity contribution in [2.45, 2.75) is 26.7 Å². The standard InChI is InChI=1S/C19H23N3O4/c1-3-11-25-18-10-5-15(19(13-18)26-12-4-2)14-20-21-16-6-8-17(9-7-16)22(23)24/h5-10,13-14,21H,3-4,11-12H2,1-2H3/b20-14+. The maximum Gasteiger partial charge on any atom is 0.269 e. The summed E-state index contributed by atoms with van der Waals surface area (Å²) in [6.45, 7) is 5.36. The van der Waals surface area contributed by atoms with E-state index >= 15 is 0 Å². The van der Waals surface area contributed by atoms with Crippen LogP contribution in [-0.2, 0) is 0 Å². The summed E-state index contributed by atoms with van der Waals surface area (Å²) in [5, 5.41) is 14.8. The molecule has 2 aromatic carbocycles. The van der Waals surface area contributed by atoms with Gasteiger partial charge >= 0.3 is 0 Å². The number of nitrogens with one attached hydrogen (secondary N) is 1. The van der Waals surface area contributed by atoms with Gasteiger partial charge in [0.2, 0.25) is 0 Å². The molecule has 0 aliphatic heterocycles. The van der Waals surface area contributed by atoms with E-state index in [-0.39, 0.29) is 5.69 Å². The molecular weight excluding hydrogens is 334 g/mol. The number of hydrogen-bond donors (Lipinski definition) is 1. The zero-order chi connectivity index (χ0) is 18.8. The second-order valence-corrected chi connectivity index (χ2v) is 5.57. The van der Waals surface area contributed by atoms with Crippen molar-refractivity contribution in [3.63, 3.8) is 0 Å². The highest BCUT2D eigenvalue weighted by Crippen LogP contribution is 2.24. The lowest BCUT2D eigenvalue weighted by Crippen LogP contribution is -2.01. The Morgan fingerprint density at radius 2 is 1.77 bits per heavy atom. The van der Waals surface area contributed by atoms with Crippen LogP contribution in [0.5, 0.6) is 11.5 Å². The zero-order valence-electron chi connectivity index (χ0n) is 15.0. The van der Waals surface area contributed by atoms with Crippen molar-refractivity contribution >= 4 is 17.6 Å². The summed E-state index contributed by atoms with van der Waals surface area (Å²) in [5.74, 6) is 1.47. The summed E-state index contributed by atoms with van der Waals surface area (Å²) >= 11 is 0. The molecular formula is C19H23N3O4. The van der Waals surface area contributed by atoms with Crippen LogP contribution in [0.4, 0.5) is 11.4 Å². The predicted molar refractivity (Wildman–Crippen MR) is 102 cm³/mol. The lowest BCUT2D eigenvalue weighted by atomic mass is 10.2. The maximum absolute atomic E-state index is 10.7. The second kappa shape index (κ2) is 10.0. The minimum atomic E-state index is -0.438. The Morgan fingerprint density at radius 3 is 2.42 bits per heavy atom. The van der Waals surface area contributed by atoms with Crippen LogP contribution in [0, 0.1) is 10.1 Å². The molecule has 138 valence electrons. The van der Waals surface area contributed by atoms with E-state index in [9.17, 15) is 10.1 Å². The predicted octanol–water partition coefficient (Wildman–Crippen LogP) is 4.62. The molecule has 0 spiro atoms. The Labute approximate surface area is 152 Å². The molecule has 0 radical (unpaired) electrons. The first-order chi connectivity index (χ1) is 12.6. The fourth-order valence-electron chi connectivity index (χ4n) is 2.10. The largest absolute Gasteiger partial charge is 0.493 e. The molecule has 7 nitrogen and oxygen atoms in total. The van der Waals surface area contributed by atoms with Gasteiger partial charge in [0, 0.05) is 23.8 Å². The number of hydrazone groups is 1. The summed E-state index contributed by atoms with van der Waals surface area (Å²) in [7, 11) is 0. The van der Waals surface area contributed by atoms with Crippen LogP contribution in [-0.4, -0.2) is 24.4 Å². The average Bonchev–Trinajstić information content (AvgIpc) is 2.66. The van der Waals surface area contributed by atoms with Gasteiger partial charge in [0.1, 0.15) is 11.5 Å². The van der Waals surface area contributed by atoms with E-state index in [1.165, 1.54) is 12.1 Å². The first kappa shape index (κ1) is 19.2. The molecule has 0 heterocycles. The first-order valence-electron chi connectivity index (χ1n) is 8.57. The molecule has 0 aromatic heterocycles. The van der Waals surface area contributed by atoms with Crippen LogP contribution in [0.15, 0.2) is 47.6 Å². The van der Waals surface area contributed by atoms with E-state index in [0.29, 0.717) is 24.7 Å². The van der Waals surface area contributed by atoms with Crippen molar-refractivity contribution in [2.24, 2.45) is 5.10 Å². The topological polar surface area (TPSA) is 86.0 Å². The average molecular weight is 357 g/mol. The summed E-state index contributed by atoms with van der Waals surface area (Å²) < 4.78 is 11.4. The van der Waals surface area contributed by atoms with Crippen molar-refractivity contribution in [1.82, 2.24) is 0 Å². The van der Waals surface area contributed by atoms with Crippen LogP contribution in [0.3, 0.4) is 0 Å². The summed E-state index contributed by atoms with van der Waals surface area (Å²) in [4.78, 5) is 10.2. The molecule has 0 aliphatic rings. The summed E-state index contributed by atoms with van der Waals surface area (Å²) in [5.41, 5.74) is 4.37. The highest BCUT2D eigenvalue weighted by molar-refractivity contribution is 5.84. The second-order valence-electron chi connectivity index (χ2n) is 5.57. The molecule has 0 amide bonds. The highest BCUT2D eigenvalue weighted by Gasteiger charge is 2.05. The third-order valence-corrected chi connectivity index (χ3v) is 3.39. The molecule has 2 aromatic rings. The first-order valence-corrected chi connectivity index (χ1v) is 8.57. The van der Waals surface area contributed by atoms with Crippen LogP contribution >= 0.6 is 0 Å². The third kappa shape index (κ3) is 5.77. The normalized spacial score (nSPS) is 10.7. The van der Waals surface area contributed by atoms with Gasteiger partial charge in [0.05, 0.1) is 30.0 Å². The Hall–Kier alpha value is -3.09.